The molecule has 0 spiro atoms. The molecule has 140 valence electrons. The standard InChI is InChI=1S/C25H34O/c1-4-19(3)18-26-25-16-14-24(15-17-25)23-12-10-22(11-13-23)21-8-6-20(5-2)7-9-21/h10-17,19-21H,4-9,18H2,1-3H3. The summed E-state index contributed by atoms with van der Waals surface area (Å²) < 4.78 is 5.87. The molecule has 2 aromatic rings. The van der Waals surface area contributed by atoms with Gasteiger partial charge in [0.2, 0.25) is 0 Å². The first kappa shape index (κ1) is 19.0. The van der Waals surface area contributed by atoms with Crippen molar-refractivity contribution in [2.45, 2.75) is 65.2 Å². The topological polar surface area (TPSA) is 9.23 Å². The maximum Gasteiger partial charge on any atom is 0.119 e. The summed E-state index contributed by atoms with van der Waals surface area (Å²) in [6.07, 6.45) is 8.04. The van der Waals surface area contributed by atoms with Crippen LogP contribution >= 0.6 is 0 Å². The second-order valence-corrected chi connectivity index (χ2v) is 8.10. The number of benzene rings is 2. The molecule has 1 heteroatoms. The third-order valence-electron chi connectivity index (χ3n) is 6.23. The van der Waals surface area contributed by atoms with Crippen LogP contribution in [-0.2, 0) is 0 Å². The summed E-state index contributed by atoms with van der Waals surface area (Å²) in [4.78, 5) is 0. The van der Waals surface area contributed by atoms with E-state index in [4.69, 9.17) is 4.74 Å². The Labute approximate surface area is 159 Å². The second kappa shape index (κ2) is 9.26. The van der Waals surface area contributed by atoms with E-state index >= 15 is 0 Å². The van der Waals surface area contributed by atoms with Crippen LogP contribution in [0.5, 0.6) is 5.75 Å². The molecule has 3 rings (SSSR count). The number of hydrogen-bond acceptors (Lipinski definition) is 1. The molecule has 1 nitrogen and oxygen atoms in total. The van der Waals surface area contributed by atoms with E-state index in [1.165, 1.54) is 48.8 Å². The van der Waals surface area contributed by atoms with Crippen LogP contribution in [-0.4, -0.2) is 6.61 Å². The zero-order valence-electron chi connectivity index (χ0n) is 16.7. The molecule has 1 aliphatic rings. The van der Waals surface area contributed by atoms with Crippen LogP contribution in [0.25, 0.3) is 11.1 Å². The Morgan fingerprint density at radius 3 is 1.96 bits per heavy atom. The molecule has 26 heavy (non-hydrogen) atoms. The Morgan fingerprint density at radius 2 is 1.42 bits per heavy atom. The van der Waals surface area contributed by atoms with Gasteiger partial charge in [-0.05, 0) is 72.3 Å². The minimum Gasteiger partial charge on any atom is -0.493 e. The van der Waals surface area contributed by atoms with Crippen LogP contribution in [0.2, 0.25) is 0 Å². The first-order valence-electron chi connectivity index (χ1n) is 10.5. The van der Waals surface area contributed by atoms with Gasteiger partial charge in [-0.15, -0.1) is 0 Å². The molecule has 1 atom stereocenters. The molecule has 0 amide bonds. The summed E-state index contributed by atoms with van der Waals surface area (Å²) in [7, 11) is 0. The molecule has 1 fully saturated rings. The largest absolute Gasteiger partial charge is 0.493 e. The minimum absolute atomic E-state index is 0.606. The molecule has 0 bridgehead atoms. The third kappa shape index (κ3) is 4.90. The van der Waals surface area contributed by atoms with E-state index < -0.39 is 0 Å². The van der Waals surface area contributed by atoms with E-state index in [2.05, 4.69) is 69.3 Å². The van der Waals surface area contributed by atoms with Crippen LogP contribution in [0.1, 0.15) is 70.8 Å². The highest BCUT2D eigenvalue weighted by molar-refractivity contribution is 5.64. The van der Waals surface area contributed by atoms with Crippen molar-refractivity contribution in [3.05, 3.63) is 54.1 Å². The van der Waals surface area contributed by atoms with E-state index in [1.807, 2.05) is 0 Å². The summed E-state index contributed by atoms with van der Waals surface area (Å²) in [6.45, 7) is 7.56. The van der Waals surface area contributed by atoms with Gasteiger partial charge in [-0.2, -0.15) is 0 Å². The molecule has 0 heterocycles. The fourth-order valence-corrected chi connectivity index (χ4v) is 3.95. The molecule has 1 saturated carbocycles. The van der Waals surface area contributed by atoms with Crippen LogP contribution in [0.15, 0.2) is 48.5 Å². The zero-order chi connectivity index (χ0) is 18.4. The lowest BCUT2D eigenvalue weighted by atomic mass is 9.77. The molecule has 0 radical (unpaired) electrons. The van der Waals surface area contributed by atoms with Gasteiger partial charge < -0.3 is 4.74 Å². The van der Waals surface area contributed by atoms with Crippen molar-refractivity contribution in [3.63, 3.8) is 0 Å². The Kier molecular flexibility index (Phi) is 6.77. The van der Waals surface area contributed by atoms with Crippen molar-refractivity contribution in [1.29, 1.82) is 0 Å². The Balaban J connectivity index is 1.60. The maximum absolute atomic E-state index is 5.87. The zero-order valence-corrected chi connectivity index (χ0v) is 16.7. The van der Waals surface area contributed by atoms with Crippen LogP contribution < -0.4 is 4.74 Å². The van der Waals surface area contributed by atoms with Crippen molar-refractivity contribution >= 4 is 0 Å². The van der Waals surface area contributed by atoms with Gasteiger partial charge in [0.25, 0.3) is 0 Å². The van der Waals surface area contributed by atoms with Crippen LogP contribution in [0, 0.1) is 11.8 Å². The highest BCUT2D eigenvalue weighted by Crippen LogP contribution is 2.37. The average Bonchev–Trinajstić information content (AvgIpc) is 2.72. The molecular formula is C25H34O. The van der Waals surface area contributed by atoms with Crippen molar-refractivity contribution in [2.75, 3.05) is 6.61 Å². The van der Waals surface area contributed by atoms with E-state index in [-0.39, 0.29) is 0 Å². The molecular weight excluding hydrogens is 316 g/mol. The highest BCUT2D eigenvalue weighted by atomic mass is 16.5. The van der Waals surface area contributed by atoms with Crippen molar-refractivity contribution < 1.29 is 4.74 Å². The SMILES string of the molecule is CCC(C)COc1ccc(-c2ccc(C3CCC(CC)CC3)cc2)cc1. The van der Waals surface area contributed by atoms with Gasteiger partial charge in [0.1, 0.15) is 5.75 Å². The third-order valence-corrected chi connectivity index (χ3v) is 6.23. The van der Waals surface area contributed by atoms with Crippen molar-refractivity contribution in [2.24, 2.45) is 11.8 Å². The van der Waals surface area contributed by atoms with Gasteiger partial charge in [-0.25, -0.2) is 0 Å². The molecule has 0 aromatic heterocycles. The molecule has 1 aliphatic carbocycles. The summed E-state index contributed by atoms with van der Waals surface area (Å²) >= 11 is 0. The Hall–Kier alpha value is -1.76. The van der Waals surface area contributed by atoms with Crippen LogP contribution in [0.4, 0.5) is 0 Å². The molecule has 0 saturated heterocycles. The van der Waals surface area contributed by atoms with Gasteiger partial charge in [0.15, 0.2) is 0 Å². The quantitative estimate of drug-likeness (QED) is 0.503. The first-order chi connectivity index (χ1) is 12.7. The monoisotopic (exact) mass is 350 g/mol. The second-order valence-electron chi connectivity index (χ2n) is 8.10. The Bertz CT molecular complexity index is 648. The molecule has 0 N–H and O–H groups in total. The summed E-state index contributed by atoms with van der Waals surface area (Å²) in [5.41, 5.74) is 4.09. The molecule has 2 aromatic carbocycles. The van der Waals surface area contributed by atoms with E-state index in [0.29, 0.717) is 5.92 Å². The Morgan fingerprint density at radius 1 is 0.846 bits per heavy atom. The van der Waals surface area contributed by atoms with Gasteiger partial charge in [-0.3, -0.25) is 0 Å². The van der Waals surface area contributed by atoms with E-state index in [1.54, 1.807) is 0 Å². The summed E-state index contributed by atoms with van der Waals surface area (Å²) in [6, 6.07) is 17.8. The van der Waals surface area contributed by atoms with Crippen molar-refractivity contribution in [3.8, 4) is 16.9 Å². The highest BCUT2D eigenvalue weighted by Gasteiger charge is 2.21. The molecule has 0 aliphatic heterocycles. The van der Waals surface area contributed by atoms with Crippen LogP contribution in [0.3, 0.4) is 0 Å². The smallest absolute Gasteiger partial charge is 0.119 e. The van der Waals surface area contributed by atoms with Gasteiger partial charge >= 0.3 is 0 Å². The number of ether oxygens (including phenoxy) is 1. The van der Waals surface area contributed by atoms with E-state index in [0.717, 1.165) is 30.6 Å². The fourth-order valence-electron chi connectivity index (χ4n) is 3.95. The summed E-state index contributed by atoms with van der Waals surface area (Å²) in [5, 5.41) is 0. The lowest BCUT2D eigenvalue weighted by Gasteiger charge is -2.28. The summed E-state index contributed by atoms with van der Waals surface area (Å²) in [5.74, 6) is 3.31. The van der Waals surface area contributed by atoms with E-state index in [9.17, 15) is 0 Å². The lowest BCUT2D eigenvalue weighted by molar-refractivity contribution is 0.256. The van der Waals surface area contributed by atoms with Gasteiger partial charge in [0, 0.05) is 0 Å². The normalized spacial score (nSPS) is 21.3. The fraction of sp³-hybridized carbons (Fsp3) is 0.520. The predicted molar refractivity (Wildman–Crippen MR) is 112 cm³/mol. The number of hydrogen-bond donors (Lipinski definition) is 0. The molecule has 1 unspecified atom stereocenters. The number of rotatable bonds is 7. The average molecular weight is 351 g/mol. The first-order valence-corrected chi connectivity index (χ1v) is 10.5. The predicted octanol–water partition coefficient (Wildman–Crippen LogP) is 7.46. The van der Waals surface area contributed by atoms with Gasteiger partial charge in [-0.1, -0.05) is 70.0 Å². The van der Waals surface area contributed by atoms with Crippen molar-refractivity contribution in [1.82, 2.24) is 0 Å². The lowest BCUT2D eigenvalue weighted by Crippen LogP contribution is -2.12. The maximum atomic E-state index is 5.87. The van der Waals surface area contributed by atoms with Gasteiger partial charge in [0.05, 0.1) is 6.61 Å². The minimum atomic E-state index is 0.606.